The maximum Gasteiger partial charge on any atom is 0.338 e. The Labute approximate surface area is 159 Å². The maximum absolute atomic E-state index is 12.2. The summed E-state index contributed by atoms with van der Waals surface area (Å²) in [5.74, 6) is -0.541. The Hall–Kier alpha value is -2.82. The van der Waals surface area contributed by atoms with E-state index in [4.69, 9.17) is 4.74 Å². The summed E-state index contributed by atoms with van der Waals surface area (Å²) in [5.41, 5.74) is 2.27. The lowest BCUT2D eigenvalue weighted by Crippen LogP contribution is -2.37. The average molecular weight is 367 g/mol. The van der Waals surface area contributed by atoms with E-state index in [2.05, 4.69) is 5.32 Å². The van der Waals surface area contributed by atoms with Gasteiger partial charge in [-0.2, -0.15) is 0 Å². The van der Waals surface area contributed by atoms with Crippen LogP contribution >= 0.6 is 0 Å². The van der Waals surface area contributed by atoms with Gasteiger partial charge in [0.15, 0.2) is 6.61 Å². The lowest BCUT2D eigenvalue weighted by Gasteiger charge is -2.16. The van der Waals surface area contributed by atoms with Crippen LogP contribution in [0, 0.1) is 0 Å². The molecule has 0 spiro atoms. The molecule has 1 aliphatic carbocycles. The average Bonchev–Trinajstić information content (AvgIpc) is 2.95. The van der Waals surface area contributed by atoms with E-state index in [1.165, 1.54) is 12.8 Å². The van der Waals surface area contributed by atoms with Gasteiger partial charge in [0.25, 0.3) is 5.91 Å². The van der Waals surface area contributed by atoms with Crippen LogP contribution in [0.4, 0.5) is 0 Å². The van der Waals surface area contributed by atoms with Crippen LogP contribution < -0.4 is 5.32 Å². The van der Waals surface area contributed by atoms with Crippen molar-refractivity contribution >= 4 is 11.9 Å². The molecular formula is C22H25NO4. The summed E-state index contributed by atoms with van der Waals surface area (Å²) in [6, 6.07) is 14.0. The molecule has 0 aliphatic heterocycles. The minimum Gasteiger partial charge on any atom is -0.508 e. The van der Waals surface area contributed by atoms with Crippen LogP contribution in [0.3, 0.4) is 0 Å². The maximum atomic E-state index is 12.2. The molecule has 0 heterocycles. The number of nitrogens with one attached hydrogen (secondary N) is 1. The van der Waals surface area contributed by atoms with Gasteiger partial charge in [0.2, 0.25) is 0 Å². The molecule has 2 N–H and O–H groups in total. The Bertz CT molecular complexity index is 760. The normalized spacial score (nSPS) is 15.0. The first-order valence-electron chi connectivity index (χ1n) is 9.48. The molecule has 1 amide bonds. The first-order valence-corrected chi connectivity index (χ1v) is 9.48. The van der Waals surface area contributed by atoms with Gasteiger partial charge in [-0.05, 0) is 48.2 Å². The summed E-state index contributed by atoms with van der Waals surface area (Å²) in [5, 5.41) is 12.3. The van der Waals surface area contributed by atoms with Gasteiger partial charge in [-0.3, -0.25) is 4.79 Å². The van der Waals surface area contributed by atoms with Crippen molar-refractivity contribution in [2.75, 3.05) is 6.61 Å². The SMILES string of the molecule is O=C(COC(=O)c1ccc(-c2ccc(O)cc2)cc1)NC1CCCCCC1. The molecule has 2 aromatic rings. The number of benzene rings is 2. The lowest BCUT2D eigenvalue weighted by atomic mass is 10.0. The van der Waals surface area contributed by atoms with Crippen molar-refractivity contribution in [2.45, 2.75) is 44.6 Å². The van der Waals surface area contributed by atoms with E-state index in [1.807, 2.05) is 12.1 Å². The fourth-order valence-electron chi connectivity index (χ4n) is 3.36. The van der Waals surface area contributed by atoms with Gasteiger partial charge in [0.1, 0.15) is 5.75 Å². The van der Waals surface area contributed by atoms with E-state index in [9.17, 15) is 14.7 Å². The van der Waals surface area contributed by atoms with Gasteiger partial charge in [-0.15, -0.1) is 0 Å². The zero-order chi connectivity index (χ0) is 19.1. The molecule has 27 heavy (non-hydrogen) atoms. The summed E-state index contributed by atoms with van der Waals surface area (Å²) in [4.78, 5) is 24.2. The molecule has 5 heteroatoms. The second-order valence-corrected chi connectivity index (χ2v) is 6.96. The highest BCUT2D eigenvalue weighted by Crippen LogP contribution is 2.22. The third-order valence-electron chi connectivity index (χ3n) is 4.88. The summed E-state index contributed by atoms with van der Waals surface area (Å²) in [7, 11) is 0. The van der Waals surface area contributed by atoms with Crippen molar-refractivity contribution in [1.82, 2.24) is 5.32 Å². The van der Waals surface area contributed by atoms with Gasteiger partial charge in [0.05, 0.1) is 5.56 Å². The van der Waals surface area contributed by atoms with Gasteiger partial charge in [-0.25, -0.2) is 4.79 Å². The van der Waals surface area contributed by atoms with E-state index >= 15 is 0 Å². The molecular weight excluding hydrogens is 342 g/mol. The van der Waals surface area contributed by atoms with Gasteiger partial charge in [-0.1, -0.05) is 49.9 Å². The topological polar surface area (TPSA) is 75.6 Å². The number of amides is 1. The quantitative estimate of drug-likeness (QED) is 0.617. The van der Waals surface area contributed by atoms with Gasteiger partial charge < -0.3 is 15.2 Å². The summed E-state index contributed by atoms with van der Waals surface area (Å²) < 4.78 is 5.14. The van der Waals surface area contributed by atoms with Crippen LogP contribution in [0.5, 0.6) is 5.75 Å². The zero-order valence-electron chi connectivity index (χ0n) is 15.3. The molecule has 0 atom stereocenters. The highest BCUT2D eigenvalue weighted by molar-refractivity contribution is 5.91. The van der Waals surface area contributed by atoms with Crippen LogP contribution in [0.1, 0.15) is 48.9 Å². The molecule has 1 saturated carbocycles. The number of rotatable bonds is 5. The smallest absolute Gasteiger partial charge is 0.338 e. The number of carbonyl (C=O) groups is 2. The molecule has 3 rings (SSSR count). The van der Waals surface area contributed by atoms with E-state index in [0.29, 0.717) is 5.56 Å². The fraction of sp³-hybridized carbons (Fsp3) is 0.364. The number of ether oxygens (including phenoxy) is 1. The standard InChI is InChI=1S/C22H25NO4/c24-20-13-11-17(12-14-20)16-7-9-18(10-8-16)22(26)27-15-21(25)23-19-5-3-1-2-4-6-19/h7-14,19,24H,1-6,15H2,(H,23,25). The predicted molar refractivity (Wildman–Crippen MR) is 103 cm³/mol. The second-order valence-electron chi connectivity index (χ2n) is 6.96. The highest BCUT2D eigenvalue weighted by atomic mass is 16.5. The number of hydrogen-bond acceptors (Lipinski definition) is 4. The molecule has 5 nitrogen and oxygen atoms in total. The Kier molecular flexibility index (Phi) is 6.47. The second kappa shape index (κ2) is 9.21. The molecule has 0 radical (unpaired) electrons. The number of phenolic OH excluding ortho intramolecular Hbond substituents is 1. The molecule has 0 bridgehead atoms. The zero-order valence-corrected chi connectivity index (χ0v) is 15.3. The largest absolute Gasteiger partial charge is 0.508 e. The summed E-state index contributed by atoms with van der Waals surface area (Å²) in [6.45, 7) is -0.255. The van der Waals surface area contributed by atoms with Crippen LogP contribution in [0.25, 0.3) is 11.1 Å². The molecule has 1 aliphatic rings. The van der Waals surface area contributed by atoms with Gasteiger partial charge >= 0.3 is 5.97 Å². The molecule has 2 aromatic carbocycles. The Morgan fingerprint density at radius 2 is 1.44 bits per heavy atom. The van der Waals surface area contributed by atoms with E-state index in [1.54, 1.807) is 36.4 Å². The van der Waals surface area contributed by atoms with E-state index in [0.717, 1.165) is 36.8 Å². The number of carbonyl (C=O) groups excluding carboxylic acids is 2. The molecule has 1 fully saturated rings. The third-order valence-corrected chi connectivity index (χ3v) is 4.88. The van der Waals surface area contributed by atoms with Crippen LogP contribution in [-0.2, 0) is 9.53 Å². The van der Waals surface area contributed by atoms with Crippen LogP contribution in [0.15, 0.2) is 48.5 Å². The van der Waals surface area contributed by atoms with Crippen LogP contribution in [-0.4, -0.2) is 29.6 Å². The number of esters is 1. The molecule has 142 valence electrons. The molecule has 0 aromatic heterocycles. The first-order chi connectivity index (χ1) is 13.1. The van der Waals surface area contributed by atoms with Gasteiger partial charge in [0, 0.05) is 6.04 Å². The van der Waals surface area contributed by atoms with Crippen molar-refractivity contribution in [3.05, 3.63) is 54.1 Å². The highest BCUT2D eigenvalue weighted by Gasteiger charge is 2.16. The van der Waals surface area contributed by atoms with Crippen LogP contribution in [0.2, 0.25) is 0 Å². The molecule has 0 unspecified atom stereocenters. The Morgan fingerprint density at radius 1 is 0.889 bits per heavy atom. The van der Waals surface area contributed by atoms with Crippen molar-refractivity contribution in [3.8, 4) is 16.9 Å². The van der Waals surface area contributed by atoms with Crippen molar-refractivity contribution < 1.29 is 19.4 Å². The lowest BCUT2D eigenvalue weighted by molar-refractivity contribution is -0.125. The number of aromatic hydroxyl groups is 1. The Morgan fingerprint density at radius 3 is 2.04 bits per heavy atom. The first kappa shape index (κ1) is 19.0. The van der Waals surface area contributed by atoms with E-state index in [-0.39, 0.29) is 24.3 Å². The van der Waals surface area contributed by atoms with Crippen molar-refractivity contribution in [1.29, 1.82) is 0 Å². The monoisotopic (exact) mass is 367 g/mol. The number of phenols is 1. The minimum atomic E-state index is -0.511. The summed E-state index contributed by atoms with van der Waals surface area (Å²) in [6.07, 6.45) is 6.72. The van der Waals surface area contributed by atoms with E-state index < -0.39 is 5.97 Å². The Balaban J connectivity index is 1.50. The number of hydrogen-bond donors (Lipinski definition) is 2. The minimum absolute atomic E-state index is 0.197. The predicted octanol–water partition coefficient (Wildman–Crippen LogP) is 4.06. The van der Waals surface area contributed by atoms with Crippen molar-refractivity contribution in [2.24, 2.45) is 0 Å². The molecule has 0 saturated heterocycles. The van der Waals surface area contributed by atoms with Crippen molar-refractivity contribution in [3.63, 3.8) is 0 Å². The fourth-order valence-corrected chi connectivity index (χ4v) is 3.36. The third kappa shape index (κ3) is 5.58. The summed E-state index contributed by atoms with van der Waals surface area (Å²) >= 11 is 0.